The van der Waals surface area contributed by atoms with Crippen LogP contribution < -0.4 is 4.74 Å². The highest BCUT2D eigenvalue weighted by Crippen LogP contribution is 2.28. The monoisotopic (exact) mass is 500 g/mol. The number of nitrogens with zero attached hydrogens (tertiary/aromatic N) is 2. The summed E-state index contributed by atoms with van der Waals surface area (Å²) >= 11 is 0. The summed E-state index contributed by atoms with van der Waals surface area (Å²) in [6, 6.07) is 11.9. The van der Waals surface area contributed by atoms with Crippen molar-refractivity contribution in [2.45, 2.75) is 57.7 Å². The number of aliphatic hydroxyl groups is 1. The molecule has 0 spiro atoms. The number of hydrogen-bond acceptors (Lipinski definition) is 4. The molecule has 7 heteroatoms. The summed E-state index contributed by atoms with van der Waals surface area (Å²) in [5, 5.41) is 9.65. The van der Waals surface area contributed by atoms with Crippen molar-refractivity contribution >= 4 is 5.91 Å². The Labute approximate surface area is 213 Å². The van der Waals surface area contributed by atoms with Crippen LogP contribution in [0.15, 0.2) is 42.5 Å². The van der Waals surface area contributed by atoms with Gasteiger partial charge in [0.25, 0.3) is 5.91 Å². The lowest BCUT2D eigenvalue weighted by Crippen LogP contribution is -2.44. The molecule has 0 saturated carbocycles. The highest BCUT2D eigenvalue weighted by molar-refractivity contribution is 5.95. The molecule has 0 aromatic heterocycles. The molecular weight excluding hydrogens is 462 g/mol. The Hall–Kier alpha value is -2.51. The Balaban J connectivity index is 1.28. The summed E-state index contributed by atoms with van der Waals surface area (Å²) in [6.45, 7) is 7.54. The highest BCUT2D eigenvalue weighted by atomic mass is 19.1. The molecule has 5 nitrogen and oxygen atoms in total. The number of carbonyl (C=O) groups is 1. The van der Waals surface area contributed by atoms with Gasteiger partial charge in [0, 0.05) is 30.8 Å². The second kappa shape index (κ2) is 11.7. The van der Waals surface area contributed by atoms with Crippen LogP contribution in [-0.2, 0) is 0 Å². The molecule has 0 aliphatic carbocycles. The van der Waals surface area contributed by atoms with Crippen molar-refractivity contribution in [3.63, 3.8) is 0 Å². The topological polar surface area (TPSA) is 53.0 Å². The molecule has 1 N–H and O–H groups in total. The Kier molecular flexibility index (Phi) is 8.62. The SMILES string of the molecule is CCC(F)(CC)CN1CCC(COc2ccc(-c3ccc(C(=O)N4CC[C@H](O)C4)cc3F)cc2)CC1. The number of halogens is 2. The van der Waals surface area contributed by atoms with Crippen molar-refractivity contribution in [2.24, 2.45) is 5.92 Å². The first kappa shape index (κ1) is 26.6. The number of alkyl halides is 1. The zero-order chi connectivity index (χ0) is 25.7. The zero-order valence-corrected chi connectivity index (χ0v) is 21.4. The van der Waals surface area contributed by atoms with Crippen LogP contribution in [0.2, 0.25) is 0 Å². The van der Waals surface area contributed by atoms with Gasteiger partial charge in [-0.05, 0) is 80.9 Å². The van der Waals surface area contributed by atoms with Gasteiger partial charge in [0.15, 0.2) is 0 Å². The summed E-state index contributed by atoms with van der Waals surface area (Å²) in [4.78, 5) is 16.4. The molecule has 2 aromatic rings. The van der Waals surface area contributed by atoms with Crippen molar-refractivity contribution < 1.29 is 23.4 Å². The van der Waals surface area contributed by atoms with Gasteiger partial charge in [0.05, 0.1) is 12.7 Å². The van der Waals surface area contributed by atoms with E-state index in [1.807, 2.05) is 38.1 Å². The number of likely N-dealkylation sites (tertiary alicyclic amines) is 2. The van der Waals surface area contributed by atoms with E-state index >= 15 is 0 Å². The molecule has 2 saturated heterocycles. The lowest BCUT2D eigenvalue weighted by molar-refractivity contribution is 0.0568. The van der Waals surface area contributed by atoms with Crippen LogP contribution in [0, 0.1) is 11.7 Å². The first-order valence-corrected chi connectivity index (χ1v) is 13.2. The molecule has 1 atom stereocenters. The maximum absolute atomic E-state index is 14.9. The molecular formula is C29H38F2N2O3. The Morgan fingerprint density at radius 1 is 1.06 bits per heavy atom. The molecule has 4 rings (SSSR count). The van der Waals surface area contributed by atoms with E-state index in [1.165, 1.54) is 6.07 Å². The Morgan fingerprint density at radius 2 is 1.75 bits per heavy atom. The van der Waals surface area contributed by atoms with Gasteiger partial charge in [-0.3, -0.25) is 4.79 Å². The third-order valence-corrected chi connectivity index (χ3v) is 7.80. The summed E-state index contributed by atoms with van der Waals surface area (Å²) < 4.78 is 35.6. The van der Waals surface area contributed by atoms with Crippen LogP contribution in [0.5, 0.6) is 5.75 Å². The van der Waals surface area contributed by atoms with Gasteiger partial charge >= 0.3 is 0 Å². The van der Waals surface area contributed by atoms with Gasteiger partial charge in [-0.25, -0.2) is 8.78 Å². The summed E-state index contributed by atoms with van der Waals surface area (Å²) in [5.41, 5.74) is 0.343. The van der Waals surface area contributed by atoms with Gasteiger partial charge in [-0.15, -0.1) is 0 Å². The molecule has 1 amide bonds. The number of benzene rings is 2. The normalized spacial score (nSPS) is 19.6. The quantitative estimate of drug-likeness (QED) is 0.507. The van der Waals surface area contributed by atoms with Crippen molar-refractivity contribution in [1.82, 2.24) is 9.80 Å². The fourth-order valence-corrected chi connectivity index (χ4v) is 5.12. The summed E-state index contributed by atoms with van der Waals surface area (Å²) in [6.07, 6.45) is 3.14. The lowest BCUT2D eigenvalue weighted by Gasteiger charge is -2.36. The third kappa shape index (κ3) is 6.43. The minimum Gasteiger partial charge on any atom is -0.493 e. The van der Waals surface area contributed by atoms with Gasteiger partial charge in [-0.1, -0.05) is 32.0 Å². The molecule has 2 heterocycles. The Bertz CT molecular complexity index is 1020. The molecule has 0 radical (unpaired) electrons. The number of aliphatic hydroxyl groups excluding tert-OH is 1. The van der Waals surface area contributed by atoms with Gasteiger partial charge in [0.1, 0.15) is 17.2 Å². The number of hydrogen-bond donors (Lipinski definition) is 1. The van der Waals surface area contributed by atoms with Gasteiger partial charge < -0.3 is 19.6 Å². The largest absolute Gasteiger partial charge is 0.493 e. The fraction of sp³-hybridized carbons (Fsp3) is 0.552. The summed E-state index contributed by atoms with van der Waals surface area (Å²) in [5.74, 6) is 0.467. The minimum absolute atomic E-state index is 0.258. The first-order valence-electron chi connectivity index (χ1n) is 13.2. The van der Waals surface area contributed by atoms with Crippen LogP contribution in [0.4, 0.5) is 8.78 Å². The van der Waals surface area contributed by atoms with E-state index in [9.17, 15) is 18.7 Å². The fourth-order valence-electron chi connectivity index (χ4n) is 5.12. The van der Waals surface area contributed by atoms with E-state index in [-0.39, 0.29) is 11.5 Å². The van der Waals surface area contributed by atoms with Crippen LogP contribution in [0.1, 0.15) is 56.3 Å². The lowest BCUT2D eigenvalue weighted by atomic mass is 9.94. The van der Waals surface area contributed by atoms with E-state index in [2.05, 4.69) is 4.90 Å². The van der Waals surface area contributed by atoms with E-state index in [4.69, 9.17) is 4.74 Å². The zero-order valence-electron chi connectivity index (χ0n) is 21.4. The van der Waals surface area contributed by atoms with Crippen molar-refractivity contribution in [3.8, 4) is 16.9 Å². The second-order valence-corrected chi connectivity index (χ2v) is 10.3. The smallest absolute Gasteiger partial charge is 0.254 e. The van der Waals surface area contributed by atoms with Gasteiger partial charge in [0.2, 0.25) is 0 Å². The average Bonchev–Trinajstić information content (AvgIpc) is 3.34. The average molecular weight is 501 g/mol. The molecule has 0 bridgehead atoms. The van der Waals surface area contributed by atoms with Crippen molar-refractivity contribution in [1.29, 1.82) is 0 Å². The molecule has 196 valence electrons. The molecule has 2 aliphatic heterocycles. The van der Waals surface area contributed by atoms with Crippen LogP contribution in [-0.4, -0.2) is 71.9 Å². The van der Waals surface area contributed by atoms with Gasteiger partial charge in [-0.2, -0.15) is 0 Å². The maximum Gasteiger partial charge on any atom is 0.254 e. The number of piperidine rings is 1. The minimum atomic E-state index is -1.09. The summed E-state index contributed by atoms with van der Waals surface area (Å²) in [7, 11) is 0. The number of rotatable bonds is 9. The van der Waals surface area contributed by atoms with E-state index < -0.39 is 17.6 Å². The third-order valence-electron chi connectivity index (χ3n) is 7.80. The molecule has 2 aromatic carbocycles. The van der Waals surface area contributed by atoms with Crippen LogP contribution >= 0.6 is 0 Å². The van der Waals surface area contributed by atoms with Crippen LogP contribution in [0.3, 0.4) is 0 Å². The van der Waals surface area contributed by atoms with Crippen molar-refractivity contribution in [2.75, 3.05) is 39.3 Å². The van der Waals surface area contributed by atoms with E-state index in [0.29, 0.717) is 62.5 Å². The number of β-amino-alcohol motifs (C(OH)–C–C–N with tert-alkyl or cyclic N) is 1. The molecule has 36 heavy (non-hydrogen) atoms. The molecule has 0 unspecified atom stereocenters. The Morgan fingerprint density at radius 3 is 2.33 bits per heavy atom. The number of carbonyl (C=O) groups excluding carboxylic acids is 1. The van der Waals surface area contributed by atoms with Crippen molar-refractivity contribution in [3.05, 3.63) is 53.8 Å². The molecule has 2 fully saturated rings. The predicted molar refractivity (Wildman–Crippen MR) is 137 cm³/mol. The predicted octanol–water partition coefficient (Wildman–Crippen LogP) is 5.32. The van der Waals surface area contributed by atoms with E-state index in [1.54, 1.807) is 17.0 Å². The second-order valence-electron chi connectivity index (χ2n) is 10.3. The number of ether oxygens (including phenoxy) is 1. The molecule has 2 aliphatic rings. The standard InChI is InChI=1S/C29H38F2N2O3/c1-3-29(31,4-2)20-32-14-11-21(12-15-32)19-36-25-8-5-22(6-9-25)26-10-7-23(17-27(26)30)28(35)33-16-13-24(34)18-33/h5-10,17,21,24,34H,3-4,11-16,18-20H2,1-2H3/t24-/m0/s1. The van der Waals surface area contributed by atoms with E-state index in [0.717, 1.165) is 31.7 Å². The number of amides is 1. The van der Waals surface area contributed by atoms with Crippen LogP contribution in [0.25, 0.3) is 11.1 Å². The first-order chi connectivity index (χ1) is 17.3. The maximum atomic E-state index is 14.9. The highest BCUT2D eigenvalue weighted by Gasteiger charge is 2.30.